The molecule has 1 aromatic rings. The topological polar surface area (TPSA) is 442 Å². The summed E-state index contributed by atoms with van der Waals surface area (Å²) in [5.74, 6) is -8.81. The molecule has 0 spiro atoms. The zero-order valence-corrected chi connectivity index (χ0v) is 31.3. The number of aliphatic hydroxyl groups is 3. The molecule has 1 aliphatic rings. The maximum absolute atomic E-state index is 12.4. The number of hydrogen-bond donors (Lipinski definition) is 14. The third-order valence-electron chi connectivity index (χ3n) is 7.33. The lowest BCUT2D eigenvalue weighted by Crippen LogP contribution is -2.50. The molecule has 4 amide bonds. The van der Waals surface area contributed by atoms with Crippen LogP contribution in [0.1, 0.15) is 31.9 Å². The number of aliphatic carboxylic acids is 4. The number of ether oxygens (including phenoxy) is 1. The number of nitrogens with zero attached hydrogens (tertiary/aromatic N) is 1. The van der Waals surface area contributed by atoms with Crippen LogP contribution >= 0.6 is 21.6 Å². The van der Waals surface area contributed by atoms with E-state index in [-0.39, 0.29) is 37.2 Å². The van der Waals surface area contributed by atoms with Gasteiger partial charge in [0.2, 0.25) is 23.6 Å². The highest BCUT2D eigenvalue weighted by Gasteiger charge is 2.43. The molecule has 8 atom stereocenters. The van der Waals surface area contributed by atoms with E-state index in [1.54, 1.807) is 0 Å². The number of rotatable bonds is 23. The van der Waals surface area contributed by atoms with Crippen LogP contribution in [0.4, 0.5) is 0 Å². The highest BCUT2D eigenvalue weighted by Crippen LogP contribution is 2.27. The zero-order valence-electron chi connectivity index (χ0n) is 29.7. The second-order valence-corrected chi connectivity index (χ2v) is 14.3. The molecule has 2 heterocycles. The average molecular weight is 857 g/mol. The number of carboxylic acids is 4. The smallest absolute Gasteiger partial charge is 0.330 e. The average Bonchev–Trinajstić information content (AvgIpc) is 3.43. The minimum atomic E-state index is -1.35. The Bertz CT molecular complexity index is 1620. The van der Waals surface area contributed by atoms with Gasteiger partial charge in [0, 0.05) is 36.6 Å². The summed E-state index contributed by atoms with van der Waals surface area (Å²) >= 11 is 0. The van der Waals surface area contributed by atoms with Gasteiger partial charge in [-0.15, -0.1) is 0 Å². The van der Waals surface area contributed by atoms with Crippen molar-refractivity contribution in [3.8, 4) is 0 Å². The Balaban J connectivity index is 0.000000782. The van der Waals surface area contributed by atoms with E-state index < -0.39 is 127 Å². The van der Waals surface area contributed by atoms with Crippen LogP contribution in [0.25, 0.3) is 0 Å². The van der Waals surface area contributed by atoms with E-state index >= 15 is 0 Å². The number of hydrogen-bond acceptors (Lipinski definition) is 18. The first kappa shape index (κ1) is 49.9. The van der Waals surface area contributed by atoms with Gasteiger partial charge in [-0.3, -0.25) is 52.7 Å². The second kappa shape index (κ2) is 25.2. The van der Waals surface area contributed by atoms with E-state index in [4.69, 9.17) is 41.7 Å². The molecule has 0 aliphatic carbocycles. The summed E-state index contributed by atoms with van der Waals surface area (Å²) in [6.07, 6.45) is -4.70. The van der Waals surface area contributed by atoms with Gasteiger partial charge in [-0.25, -0.2) is 4.79 Å². The van der Waals surface area contributed by atoms with Crippen molar-refractivity contribution in [1.82, 2.24) is 30.8 Å². The Labute approximate surface area is 328 Å². The molecule has 26 nitrogen and oxygen atoms in total. The second-order valence-electron chi connectivity index (χ2n) is 11.7. The predicted molar refractivity (Wildman–Crippen MR) is 194 cm³/mol. The fourth-order valence-electron chi connectivity index (χ4n) is 4.26. The number of aromatic nitrogens is 2. The van der Waals surface area contributed by atoms with E-state index in [2.05, 4.69) is 21.3 Å². The number of nitrogens with two attached hydrogens (primary N) is 2. The van der Waals surface area contributed by atoms with Crippen molar-refractivity contribution in [1.29, 1.82) is 0 Å². The number of aliphatic hydroxyl groups excluding tert-OH is 3. The molecular weight excluding hydrogens is 812 g/mol. The fourth-order valence-corrected chi connectivity index (χ4v) is 6.59. The minimum Gasteiger partial charge on any atom is -0.480 e. The van der Waals surface area contributed by atoms with E-state index in [0.717, 1.165) is 38.4 Å². The van der Waals surface area contributed by atoms with Crippen LogP contribution in [0.2, 0.25) is 0 Å². The molecule has 320 valence electrons. The lowest BCUT2D eigenvalue weighted by Gasteiger charge is -2.20. The van der Waals surface area contributed by atoms with E-state index in [1.165, 1.54) is 0 Å². The zero-order chi connectivity index (χ0) is 43.4. The third-order valence-corrected chi connectivity index (χ3v) is 9.75. The summed E-state index contributed by atoms with van der Waals surface area (Å²) in [6.45, 7) is -1.96. The number of carbonyl (C=O) groups is 8. The van der Waals surface area contributed by atoms with Gasteiger partial charge in [0.15, 0.2) is 6.23 Å². The molecule has 0 bridgehead atoms. The number of carboxylic acid groups (broad SMARTS) is 4. The van der Waals surface area contributed by atoms with Crippen molar-refractivity contribution in [2.45, 2.75) is 74.4 Å². The number of nitrogens with one attached hydrogen (secondary N) is 5. The fraction of sp³-hybridized carbons (Fsp3) is 0.586. The van der Waals surface area contributed by atoms with Gasteiger partial charge in [0.1, 0.15) is 55.6 Å². The SMILES string of the molecule is NC(CCC(=O)NC(CSSCC(NC(=O)CCC(N)C(=O)O)C(=O)NCC(=O)O)C(=O)NCC(=O)O)C(=O)O.O=c1ccn(C2O[C@@H](CO)[C@H](O)[C@@H]2O)c(=O)[nH]1. The molecule has 1 aromatic heterocycles. The van der Waals surface area contributed by atoms with Crippen LogP contribution in [0, 0.1) is 0 Å². The highest BCUT2D eigenvalue weighted by atomic mass is 33.1. The van der Waals surface area contributed by atoms with Gasteiger partial charge in [0.25, 0.3) is 5.56 Å². The van der Waals surface area contributed by atoms with Crippen molar-refractivity contribution < 1.29 is 78.8 Å². The van der Waals surface area contributed by atoms with Crippen LogP contribution in [0.5, 0.6) is 0 Å². The number of amides is 4. The molecule has 2 rings (SSSR count). The molecular formula is C29H44N8O18S2. The summed E-state index contributed by atoms with van der Waals surface area (Å²) in [4.78, 5) is 117. The Morgan fingerprint density at radius 1 is 0.772 bits per heavy atom. The summed E-state index contributed by atoms with van der Waals surface area (Å²) in [5.41, 5.74) is 9.37. The first-order valence-corrected chi connectivity index (χ1v) is 18.9. The lowest BCUT2D eigenvalue weighted by atomic mass is 10.1. The van der Waals surface area contributed by atoms with Gasteiger partial charge in [-0.05, 0) is 12.8 Å². The Hall–Kier alpha value is -5.10. The number of carbonyl (C=O) groups excluding carboxylic acids is 4. The maximum Gasteiger partial charge on any atom is 0.330 e. The standard InChI is InChI=1S/C20H32N6O12S2.C9H12N2O6/c21-9(19(35)36)1-3-13(27)25-11(17(33)23-5-15(29)30)7-39-40-8-12(18(34)24-6-16(31)32)26-14(28)4-2-10(22)20(37)38;12-3-4-6(14)7(15)8(17-4)11-2-1-5(13)10-9(11)16/h9-12H,1-8,21-22H2,(H,23,33)(H,24,34)(H,25,27)(H,26,28)(H,29,30)(H,31,32)(H,35,36)(H,37,38);1-2,4,6-8,12,14-15H,3H2,(H,10,13,16)/t;4-,6-,7-,8?/m.0/s1. The Kier molecular flexibility index (Phi) is 22.1. The maximum atomic E-state index is 12.4. The molecule has 1 saturated heterocycles. The van der Waals surface area contributed by atoms with Gasteiger partial charge >= 0.3 is 29.6 Å². The van der Waals surface area contributed by atoms with Crippen molar-refractivity contribution in [3.05, 3.63) is 33.1 Å². The highest BCUT2D eigenvalue weighted by molar-refractivity contribution is 8.76. The van der Waals surface area contributed by atoms with Crippen LogP contribution < -0.4 is 44.0 Å². The largest absolute Gasteiger partial charge is 0.480 e. The third kappa shape index (κ3) is 18.6. The molecule has 0 saturated carbocycles. The molecule has 0 radical (unpaired) electrons. The lowest BCUT2D eigenvalue weighted by molar-refractivity contribution is -0.140. The summed E-state index contributed by atoms with van der Waals surface area (Å²) in [5, 5.41) is 72.1. The first-order chi connectivity index (χ1) is 26.7. The van der Waals surface area contributed by atoms with E-state index in [1.807, 2.05) is 4.98 Å². The molecule has 57 heavy (non-hydrogen) atoms. The van der Waals surface area contributed by atoms with Crippen LogP contribution in [-0.2, 0) is 43.1 Å². The molecule has 0 aromatic carbocycles. The summed E-state index contributed by atoms with van der Waals surface area (Å²) < 4.78 is 6.08. The van der Waals surface area contributed by atoms with Crippen LogP contribution in [0.15, 0.2) is 21.9 Å². The quantitative estimate of drug-likeness (QED) is 0.0359. The summed E-state index contributed by atoms with van der Waals surface area (Å²) in [6, 6.07) is -4.06. The number of aromatic amines is 1. The van der Waals surface area contributed by atoms with Crippen LogP contribution in [0.3, 0.4) is 0 Å². The number of H-pyrrole nitrogens is 1. The normalized spacial score (nSPS) is 19.3. The van der Waals surface area contributed by atoms with E-state index in [0.29, 0.717) is 0 Å². The molecule has 1 fully saturated rings. The summed E-state index contributed by atoms with van der Waals surface area (Å²) in [7, 11) is 1.89. The molecule has 28 heteroatoms. The first-order valence-electron chi connectivity index (χ1n) is 16.4. The van der Waals surface area contributed by atoms with Gasteiger partial charge in [-0.2, -0.15) is 0 Å². The van der Waals surface area contributed by atoms with Crippen molar-refractivity contribution >= 4 is 69.1 Å². The molecule has 5 unspecified atom stereocenters. The monoisotopic (exact) mass is 856 g/mol. The van der Waals surface area contributed by atoms with Crippen molar-refractivity contribution in [3.63, 3.8) is 0 Å². The van der Waals surface area contributed by atoms with Gasteiger partial charge in [-0.1, -0.05) is 21.6 Å². The minimum absolute atomic E-state index is 0.155. The Morgan fingerprint density at radius 2 is 1.21 bits per heavy atom. The predicted octanol–water partition coefficient (Wildman–Crippen LogP) is -6.73. The van der Waals surface area contributed by atoms with Crippen molar-refractivity contribution in [2.75, 3.05) is 31.2 Å². The van der Waals surface area contributed by atoms with Crippen molar-refractivity contribution in [2.24, 2.45) is 11.5 Å². The van der Waals surface area contributed by atoms with Gasteiger partial charge < -0.3 is 73.2 Å². The molecule has 1 aliphatic heterocycles. The Morgan fingerprint density at radius 3 is 1.56 bits per heavy atom. The molecule has 16 N–H and O–H groups in total. The van der Waals surface area contributed by atoms with Crippen LogP contribution in [-0.4, -0.2) is 166 Å². The van der Waals surface area contributed by atoms with E-state index in [9.17, 15) is 58.2 Å². The van der Waals surface area contributed by atoms with Gasteiger partial charge in [0.05, 0.1) is 6.61 Å².